The van der Waals surface area contributed by atoms with Gasteiger partial charge in [-0.05, 0) is 76.5 Å². The first-order valence-corrected chi connectivity index (χ1v) is 14.8. The number of aliphatic imine (C=N–C) groups is 2. The highest BCUT2D eigenvalue weighted by molar-refractivity contribution is 8.00. The van der Waals surface area contributed by atoms with Crippen LogP contribution in [0, 0.1) is 0 Å². The monoisotopic (exact) mass is 542 g/mol. The van der Waals surface area contributed by atoms with Gasteiger partial charge in [-0.25, -0.2) is 9.79 Å². The number of unbranched alkanes of at least 4 members (excludes halogenated alkanes) is 1. The average molecular weight is 543 g/mol. The molecule has 3 fully saturated rings. The van der Waals surface area contributed by atoms with Crippen molar-refractivity contribution in [1.29, 1.82) is 0 Å². The molecule has 0 spiro atoms. The minimum Gasteiger partial charge on any atom is -0.369 e. The van der Waals surface area contributed by atoms with Crippen LogP contribution in [-0.4, -0.2) is 64.1 Å². The number of fused-ring (bicyclic) bond motifs is 1. The van der Waals surface area contributed by atoms with E-state index in [9.17, 15) is 9.59 Å². The highest BCUT2D eigenvalue weighted by Gasteiger charge is 2.40. The first-order chi connectivity index (χ1) is 18.3. The minimum absolute atomic E-state index is 0.0555. The number of hydrogen-bond acceptors (Lipinski definition) is 4. The predicted molar refractivity (Wildman–Crippen MR) is 154 cm³/mol. The van der Waals surface area contributed by atoms with Gasteiger partial charge in [0.2, 0.25) is 11.9 Å². The second-order valence-corrected chi connectivity index (χ2v) is 12.1. The fourth-order valence-electron chi connectivity index (χ4n) is 5.59. The summed E-state index contributed by atoms with van der Waals surface area (Å²) in [5.41, 5.74) is 14.1. The molecule has 1 aromatic rings. The zero-order chi connectivity index (χ0) is 27.1. The third kappa shape index (κ3) is 7.78. The van der Waals surface area contributed by atoms with Crippen molar-refractivity contribution >= 4 is 41.3 Å². The second kappa shape index (κ2) is 13.2. The molecule has 38 heavy (non-hydrogen) atoms. The molecule has 3 amide bonds. The summed E-state index contributed by atoms with van der Waals surface area (Å²) < 4.78 is 0. The third-order valence-electron chi connectivity index (χ3n) is 7.59. The SMILES string of the molecule is C[C@@H]1CCC[C@H](C)N1C(N)=NC(N)=Nc1ccc(CCNC(=O)CCCCC2CC3NC(=O)NC3S2)cc1. The maximum absolute atomic E-state index is 12.2. The van der Waals surface area contributed by atoms with Crippen LogP contribution >= 0.6 is 11.8 Å². The summed E-state index contributed by atoms with van der Waals surface area (Å²) in [4.78, 5) is 34.4. The molecule has 11 heteroatoms. The Morgan fingerprint density at radius 1 is 1.13 bits per heavy atom. The van der Waals surface area contributed by atoms with Gasteiger partial charge in [0.15, 0.2) is 5.96 Å². The average Bonchev–Trinajstić information content (AvgIpc) is 3.39. The lowest BCUT2D eigenvalue weighted by molar-refractivity contribution is -0.121. The van der Waals surface area contributed by atoms with Crippen LogP contribution in [0.15, 0.2) is 34.3 Å². The molecule has 0 saturated carbocycles. The summed E-state index contributed by atoms with van der Waals surface area (Å²) >= 11 is 1.84. The number of carbonyl (C=O) groups is 2. The molecule has 0 radical (unpaired) electrons. The molecular formula is C27H42N8O2S. The lowest BCUT2D eigenvalue weighted by Gasteiger charge is -2.39. The van der Waals surface area contributed by atoms with Gasteiger partial charge in [0.05, 0.1) is 17.1 Å². The Balaban J connectivity index is 1.12. The number of thioether (sulfide) groups is 1. The molecule has 0 aliphatic carbocycles. The van der Waals surface area contributed by atoms with Crippen molar-refractivity contribution in [3.05, 3.63) is 29.8 Å². The van der Waals surface area contributed by atoms with E-state index >= 15 is 0 Å². The Kier molecular flexibility index (Phi) is 9.76. The van der Waals surface area contributed by atoms with Gasteiger partial charge >= 0.3 is 6.03 Å². The molecule has 3 saturated heterocycles. The first-order valence-electron chi connectivity index (χ1n) is 13.8. The molecular weight excluding hydrogens is 500 g/mol. The van der Waals surface area contributed by atoms with Crippen molar-refractivity contribution in [2.75, 3.05) is 6.54 Å². The van der Waals surface area contributed by atoms with Gasteiger partial charge in [-0.1, -0.05) is 18.6 Å². The van der Waals surface area contributed by atoms with Crippen molar-refractivity contribution < 1.29 is 9.59 Å². The predicted octanol–water partition coefficient (Wildman–Crippen LogP) is 2.94. The molecule has 3 aliphatic heterocycles. The van der Waals surface area contributed by atoms with Crippen LogP contribution in [0.3, 0.4) is 0 Å². The first kappa shape index (κ1) is 28.1. The van der Waals surface area contributed by atoms with E-state index in [1.807, 2.05) is 36.0 Å². The number of likely N-dealkylation sites (tertiary alicyclic amines) is 1. The molecule has 5 atom stereocenters. The van der Waals surface area contributed by atoms with Gasteiger partial charge in [-0.3, -0.25) is 4.79 Å². The van der Waals surface area contributed by atoms with E-state index < -0.39 is 0 Å². The van der Waals surface area contributed by atoms with Crippen molar-refractivity contribution in [2.45, 2.75) is 100 Å². The molecule has 0 bridgehead atoms. The largest absolute Gasteiger partial charge is 0.369 e. The fourth-order valence-corrected chi connectivity index (χ4v) is 7.17. The third-order valence-corrected chi connectivity index (χ3v) is 9.15. The lowest BCUT2D eigenvalue weighted by Crippen LogP contribution is -2.51. The number of benzene rings is 1. The summed E-state index contributed by atoms with van der Waals surface area (Å²) in [6, 6.07) is 8.67. The zero-order valence-electron chi connectivity index (χ0n) is 22.5. The van der Waals surface area contributed by atoms with Crippen molar-refractivity contribution in [3.63, 3.8) is 0 Å². The van der Waals surface area contributed by atoms with Crippen LogP contribution in [0.4, 0.5) is 10.5 Å². The van der Waals surface area contributed by atoms with Gasteiger partial charge < -0.3 is 32.3 Å². The molecule has 7 N–H and O–H groups in total. The molecule has 0 aromatic heterocycles. The summed E-state index contributed by atoms with van der Waals surface area (Å²) in [6.45, 7) is 4.92. The molecule has 4 rings (SSSR count). The number of rotatable bonds is 9. The van der Waals surface area contributed by atoms with Crippen LogP contribution in [0.1, 0.15) is 70.8 Å². The number of nitrogens with two attached hydrogens (primary N) is 2. The summed E-state index contributed by atoms with van der Waals surface area (Å²) in [7, 11) is 0. The van der Waals surface area contributed by atoms with E-state index in [1.165, 1.54) is 6.42 Å². The van der Waals surface area contributed by atoms with Gasteiger partial charge in [0.1, 0.15) is 0 Å². The molecule has 3 heterocycles. The number of amides is 3. The van der Waals surface area contributed by atoms with E-state index in [0.29, 0.717) is 41.9 Å². The maximum atomic E-state index is 12.2. The van der Waals surface area contributed by atoms with Crippen LogP contribution in [0.2, 0.25) is 0 Å². The number of guanidine groups is 2. The highest BCUT2D eigenvalue weighted by Crippen LogP contribution is 2.37. The Hall–Kier alpha value is -2.95. The standard InChI is InChI=1S/C27H42N8O2S/c1-17-6-5-7-18(2)35(17)26(29)34-25(28)31-20-12-10-19(11-13-20)14-15-30-23(36)9-4-3-8-21-16-22-24(38-21)33-27(37)32-22/h10-13,17-18,21-22,24H,3-9,14-16H2,1-2H3,(H,30,36)(H2,32,33,37)(H4,28,29,31,34)/t17-,18+,21?,22?,24?. The summed E-state index contributed by atoms with van der Waals surface area (Å²) in [5.74, 6) is 0.660. The second-order valence-electron chi connectivity index (χ2n) is 10.6. The quantitative estimate of drug-likeness (QED) is 0.184. The topological polar surface area (TPSA) is 150 Å². The van der Waals surface area contributed by atoms with E-state index in [0.717, 1.165) is 50.5 Å². The van der Waals surface area contributed by atoms with Crippen LogP contribution in [0.5, 0.6) is 0 Å². The van der Waals surface area contributed by atoms with E-state index in [-0.39, 0.29) is 29.3 Å². The Bertz CT molecular complexity index is 1000. The van der Waals surface area contributed by atoms with Crippen LogP contribution in [-0.2, 0) is 11.2 Å². The summed E-state index contributed by atoms with van der Waals surface area (Å²) in [5, 5.41) is 9.69. The van der Waals surface area contributed by atoms with Crippen molar-refractivity contribution in [3.8, 4) is 0 Å². The van der Waals surface area contributed by atoms with Crippen molar-refractivity contribution in [2.24, 2.45) is 21.5 Å². The minimum atomic E-state index is -0.0555. The molecule has 3 aliphatic rings. The molecule has 10 nitrogen and oxygen atoms in total. The number of urea groups is 1. The molecule has 1 aromatic carbocycles. The van der Waals surface area contributed by atoms with Gasteiger partial charge in [-0.15, -0.1) is 11.8 Å². The van der Waals surface area contributed by atoms with E-state index in [4.69, 9.17) is 11.5 Å². The smallest absolute Gasteiger partial charge is 0.316 e. The highest BCUT2D eigenvalue weighted by atomic mass is 32.2. The number of piperidine rings is 1. The maximum Gasteiger partial charge on any atom is 0.316 e. The number of nitrogens with one attached hydrogen (secondary N) is 3. The van der Waals surface area contributed by atoms with E-state index in [2.05, 4.69) is 44.7 Å². The Labute approximate surface area is 229 Å². The van der Waals surface area contributed by atoms with Crippen LogP contribution < -0.4 is 27.4 Å². The van der Waals surface area contributed by atoms with Gasteiger partial charge in [0, 0.05) is 30.3 Å². The van der Waals surface area contributed by atoms with Crippen LogP contribution in [0.25, 0.3) is 0 Å². The Morgan fingerprint density at radius 3 is 2.58 bits per heavy atom. The van der Waals surface area contributed by atoms with Gasteiger partial charge in [-0.2, -0.15) is 4.99 Å². The number of nitrogens with zero attached hydrogens (tertiary/aromatic N) is 3. The number of hydrogen-bond donors (Lipinski definition) is 5. The number of carbonyl (C=O) groups excluding carboxylic acids is 2. The van der Waals surface area contributed by atoms with Gasteiger partial charge in [0.25, 0.3) is 0 Å². The zero-order valence-corrected chi connectivity index (χ0v) is 23.3. The molecule has 208 valence electrons. The van der Waals surface area contributed by atoms with E-state index in [1.54, 1.807) is 0 Å². The normalized spacial score (nSPS) is 27.6. The lowest BCUT2D eigenvalue weighted by atomic mass is 9.98. The van der Waals surface area contributed by atoms with Crippen molar-refractivity contribution in [1.82, 2.24) is 20.9 Å². The fraction of sp³-hybridized carbons (Fsp3) is 0.630. The summed E-state index contributed by atoms with van der Waals surface area (Å²) in [6.07, 6.45) is 8.69. The Morgan fingerprint density at radius 2 is 1.87 bits per heavy atom. The molecule has 3 unspecified atom stereocenters.